The number of epoxide rings is 1. The van der Waals surface area contributed by atoms with Gasteiger partial charge in [0, 0.05) is 24.2 Å². The zero-order chi connectivity index (χ0) is 21.8. The molecule has 0 radical (unpaired) electrons. The zero-order valence-electron chi connectivity index (χ0n) is 19.9. The third-order valence-corrected chi connectivity index (χ3v) is 12.0. The molecule has 0 aromatic carbocycles. The second kappa shape index (κ2) is 6.36. The first kappa shape index (κ1) is 20.7. The fourth-order valence-corrected chi connectivity index (χ4v) is 10.8. The van der Waals surface area contributed by atoms with Crippen molar-refractivity contribution in [3.63, 3.8) is 0 Å². The van der Waals surface area contributed by atoms with E-state index in [2.05, 4.69) is 13.8 Å². The predicted molar refractivity (Wildman–Crippen MR) is 117 cm³/mol. The molecule has 172 valence electrons. The Kier molecular flexibility index (Phi) is 4.25. The Balaban J connectivity index is 1.33. The van der Waals surface area contributed by atoms with Crippen molar-refractivity contribution >= 4 is 11.8 Å². The molecular weight excluding hydrogens is 388 g/mol. The van der Waals surface area contributed by atoms with Gasteiger partial charge >= 0.3 is 5.97 Å². The minimum absolute atomic E-state index is 0.0244. The topological polar surface area (TPSA) is 55.9 Å². The summed E-state index contributed by atoms with van der Waals surface area (Å²) in [7, 11) is 0. The van der Waals surface area contributed by atoms with Crippen LogP contribution in [0, 0.1) is 39.9 Å². The van der Waals surface area contributed by atoms with Gasteiger partial charge in [-0.3, -0.25) is 9.59 Å². The first-order chi connectivity index (χ1) is 14.7. The summed E-state index contributed by atoms with van der Waals surface area (Å²) in [6, 6.07) is 0. The highest BCUT2D eigenvalue weighted by Crippen LogP contribution is 2.77. The van der Waals surface area contributed by atoms with Crippen LogP contribution in [0.3, 0.4) is 0 Å². The van der Waals surface area contributed by atoms with Gasteiger partial charge in [0.25, 0.3) is 0 Å². The lowest BCUT2D eigenvalue weighted by Gasteiger charge is -2.61. The summed E-state index contributed by atoms with van der Waals surface area (Å²) in [5.74, 6) is 2.98. The van der Waals surface area contributed by atoms with Gasteiger partial charge < -0.3 is 9.47 Å². The molecule has 0 N–H and O–H groups in total. The van der Waals surface area contributed by atoms with Crippen molar-refractivity contribution < 1.29 is 19.1 Å². The third-order valence-electron chi connectivity index (χ3n) is 12.0. The van der Waals surface area contributed by atoms with Gasteiger partial charge in [-0.25, -0.2) is 0 Å². The summed E-state index contributed by atoms with van der Waals surface area (Å²) in [6.07, 6.45) is 13.1. The van der Waals surface area contributed by atoms with Crippen LogP contribution in [0.2, 0.25) is 0 Å². The van der Waals surface area contributed by atoms with E-state index >= 15 is 0 Å². The van der Waals surface area contributed by atoms with Crippen molar-refractivity contribution in [2.45, 2.75) is 116 Å². The number of fused-ring (bicyclic) bond motifs is 6. The highest BCUT2D eigenvalue weighted by molar-refractivity contribution is 5.84. The van der Waals surface area contributed by atoms with Gasteiger partial charge in [0.05, 0.1) is 6.10 Å². The fourth-order valence-electron chi connectivity index (χ4n) is 10.8. The minimum Gasteiger partial charge on any atom is -0.462 e. The van der Waals surface area contributed by atoms with Crippen LogP contribution in [0.1, 0.15) is 98.3 Å². The lowest BCUT2D eigenvalue weighted by atomic mass is 9.42. The highest BCUT2D eigenvalue weighted by atomic mass is 16.6. The smallest absolute Gasteiger partial charge is 0.302 e. The van der Waals surface area contributed by atoms with Crippen molar-refractivity contribution in [2.24, 2.45) is 39.9 Å². The van der Waals surface area contributed by atoms with Crippen LogP contribution in [0.5, 0.6) is 0 Å². The first-order valence-corrected chi connectivity index (χ1v) is 13.0. The summed E-state index contributed by atoms with van der Waals surface area (Å²) < 4.78 is 12.2. The van der Waals surface area contributed by atoms with E-state index in [-0.39, 0.29) is 33.9 Å². The van der Waals surface area contributed by atoms with Crippen molar-refractivity contribution in [2.75, 3.05) is 0 Å². The number of ether oxygens (including phenoxy) is 2. The molecule has 31 heavy (non-hydrogen) atoms. The quantitative estimate of drug-likeness (QED) is 0.432. The summed E-state index contributed by atoms with van der Waals surface area (Å²) >= 11 is 0. The normalized spacial score (nSPS) is 56.9. The maximum atomic E-state index is 13.2. The molecule has 0 aromatic heterocycles. The van der Waals surface area contributed by atoms with Gasteiger partial charge in [0.15, 0.2) is 0 Å². The second-order valence-corrected chi connectivity index (χ2v) is 12.7. The van der Waals surface area contributed by atoms with Gasteiger partial charge in [-0.2, -0.15) is 0 Å². The second-order valence-electron chi connectivity index (χ2n) is 12.7. The number of rotatable bonds is 2. The Labute approximate surface area is 187 Å². The molecule has 1 heterocycles. The summed E-state index contributed by atoms with van der Waals surface area (Å²) in [5, 5.41) is 0. The molecule has 1 saturated heterocycles. The Hall–Kier alpha value is -0.900. The number of ketones is 1. The first-order valence-electron chi connectivity index (χ1n) is 13.0. The van der Waals surface area contributed by atoms with Gasteiger partial charge in [0.2, 0.25) is 0 Å². The van der Waals surface area contributed by atoms with Crippen LogP contribution < -0.4 is 0 Å². The molecule has 4 heteroatoms. The Bertz CT molecular complexity index is 822. The fraction of sp³-hybridized carbons (Fsp3) is 0.926. The SMILES string of the molecule is CC(=O)O[C@H]1CC[C@]2(C)[C@@H]3CC[C@@]4(C)[C@H](C[C@@H]5CCCC[C@]54C(C)=O)[C@H]3C[C@@H]3O[C@@]32C1. The molecular formula is C27H40O4. The van der Waals surface area contributed by atoms with E-state index in [1.807, 2.05) is 6.92 Å². The molecule has 6 rings (SSSR count). The molecule has 5 aliphatic carbocycles. The van der Waals surface area contributed by atoms with Crippen LogP contribution in [0.4, 0.5) is 0 Å². The van der Waals surface area contributed by atoms with E-state index in [0.29, 0.717) is 35.6 Å². The van der Waals surface area contributed by atoms with Gasteiger partial charge in [-0.15, -0.1) is 0 Å². The van der Waals surface area contributed by atoms with Gasteiger partial charge in [-0.05, 0) is 87.4 Å². The van der Waals surface area contributed by atoms with Crippen molar-refractivity contribution in [3.05, 3.63) is 0 Å². The average molecular weight is 429 g/mol. The van der Waals surface area contributed by atoms with Gasteiger partial charge in [0.1, 0.15) is 17.5 Å². The maximum Gasteiger partial charge on any atom is 0.302 e. The van der Waals surface area contributed by atoms with E-state index in [1.165, 1.54) is 45.4 Å². The number of hydrogen-bond donors (Lipinski definition) is 0. The minimum atomic E-state index is -0.160. The highest BCUT2D eigenvalue weighted by Gasteiger charge is 2.78. The molecule has 0 bridgehead atoms. The monoisotopic (exact) mass is 428 g/mol. The number of esters is 1. The Morgan fingerprint density at radius 2 is 1.68 bits per heavy atom. The van der Waals surface area contributed by atoms with Crippen LogP contribution in [0.25, 0.3) is 0 Å². The van der Waals surface area contributed by atoms with Crippen molar-refractivity contribution in [3.8, 4) is 0 Å². The zero-order valence-corrected chi connectivity index (χ0v) is 19.9. The van der Waals surface area contributed by atoms with E-state index < -0.39 is 0 Å². The van der Waals surface area contributed by atoms with E-state index in [1.54, 1.807) is 0 Å². The molecule has 5 saturated carbocycles. The standard InChI is InChI=1S/C27H40O4/c1-16(28)26-10-6-5-7-18(26)13-22-20-14-23-27(31-23)15-19(30-17(2)29)8-11-25(27,4)21(20)9-12-24(22,26)3/h18-23H,5-15H2,1-4H3/t18-,19-,20-,21+,22+,23-,24-,25+,26-,27-/m0/s1. The molecule has 6 aliphatic rings. The van der Waals surface area contributed by atoms with Crippen LogP contribution >= 0.6 is 0 Å². The van der Waals surface area contributed by atoms with Crippen molar-refractivity contribution in [1.82, 2.24) is 0 Å². The molecule has 1 aliphatic heterocycles. The van der Waals surface area contributed by atoms with Crippen LogP contribution in [-0.4, -0.2) is 29.6 Å². The summed E-state index contributed by atoms with van der Waals surface area (Å²) in [5.41, 5.74) is 0.235. The average Bonchev–Trinajstić information content (AvgIpc) is 3.33. The predicted octanol–water partition coefficient (Wildman–Crippen LogP) is 5.47. The number of carbonyl (C=O) groups is 2. The number of hydrogen-bond acceptors (Lipinski definition) is 4. The lowest BCUT2D eigenvalue weighted by Crippen LogP contribution is -2.60. The molecule has 10 atom stereocenters. The summed E-state index contributed by atoms with van der Waals surface area (Å²) in [6.45, 7) is 8.45. The van der Waals surface area contributed by atoms with E-state index in [9.17, 15) is 9.59 Å². The Morgan fingerprint density at radius 3 is 2.42 bits per heavy atom. The summed E-state index contributed by atoms with van der Waals surface area (Å²) in [4.78, 5) is 24.8. The molecule has 0 aromatic rings. The van der Waals surface area contributed by atoms with Crippen molar-refractivity contribution in [1.29, 1.82) is 0 Å². The largest absolute Gasteiger partial charge is 0.462 e. The third kappa shape index (κ3) is 2.36. The molecule has 0 amide bonds. The maximum absolute atomic E-state index is 13.2. The number of carbonyl (C=O) groups excluding carboxylic acids is 2. The van der Waals surface area contributed by atoms with E-state index in [0.717, 1.165) is 32.1 Å². The molecule has 6 fully saturated rings. The molecule has 4 nitrogen and oxygen atoms in total. The van der Waals surface area contributed by atoms with Gasteiger partial charge in [-0.1, -0.05) is 26.7 Å². The molecule has 1 spiro atoms. The van der Waals surface area contributed by atoms with Crippen LogP contribution in [0.15, 0.2) is 0 Å². The Morgan fingerprint density at radius 1 is 0.903 bits per heavy atom. The molecule has 0 unspecified atom stereocenters. The number of Topliss-reactive ketones (excluding diaryl/α,β-unsaturated/α-hetero) is 1. The van der Waals surface area contributed by atoms with Crippen LogP contribution in [-0.2, 0) is 19.1 Å². The van der Waals surface area contributed by atoms with E-state index in [4.69, 9.17) is 9.47 Å². The lowest BCUT2D eigenvalue weighted by molar-refractivity contribution is -0.163.